The molecule has 0 spiro atoms. The molecule has 0 bridgehead atoms. The van der Waals surface area contributed by atoms with Gasteiger partial charge in [0.05, 0.1) is 17.2 Å². The Bertz CT molecular complexity index is 1710. The molecule has 4 aromatic carbocycles. The van der Waals surface area contributed by atoms with Gasteiger partial charge in [-0.05, 0) is 75.7 Å². The number of carbonyl (C=O) groups excluding carboxylic acids is 2. The minimum atomic E-state index is -4.26. The second kappa shape index (κ2) is 15.5. The van der Waals surface area contributed by atoms with Crippen molar-refractivity contribution >= 4 is 27.5 Å². The Morgan fingerprint density at radius 3 is 2.11 bits per heavy atom. The van der Waals surface area contributed by atoms with Crippen molar-refractivity contribution in [3.8, 4) is 5.75 Å². The molecule has 0 heterocycles. The number of hydrogen-bond acceptors (Lipinski definition) is 5. The van der Waals surface area contributed by atoms with E-state index in [1.165, 1.54) is 23.1 Å². The number of hydrogen-bond donors (Lipinski definition) is 1. The van der Waals surface area contributed by atoms with Crippen molar-refractivity contribution in [1.82, 2.24) is 10.2 Å². The van der Waals surface area contributed by atoms with Gasteiger partial charge in [-0.2, -0.15) is 0 Å². The van der Waals surface area contributed by atoms with E-state index < -0.39 is 40.2 Å². The summed E-state index contributed by atoms with van der Waals surface area (Å²) in [5.74, 6) is -1.11. The molecule has 46 heavy (non-hydrogen) atoms. The maximum absolute atomic E-state index is 15.0. The first-order valence-electron chi connectivity index (χ1n) is 15.2. The smallest absolute Gasteiger partial charge is 0.264 e. The van der Waals surface area contributed by atoms with Gasteiger partial charge in [0.25, 0.3) is 10.0 Å². The van der Waals surface area contributed by atoms with Crippen molar-refractivity contribution in [3.63, 3.8) is 0 Å². The van der Waals surface area contributed by atoms with Crippen LogP contribution in [0.15, 0.2) is 108 Å². The Morgan fingerprint density at radius 2 is 1.50 bits per heavy atom. The van der Waals surface area contributed by atoms with E-state index in [1.807, 2.05) is 58.0 Å². The lowest BCUT2D eigenvalue weighted by Crippen LogP contribution is -2.54. The minimum Gasteiger partial charge on any atom is -0.494 e. The van der Waals surface area contributed by atoms with Crippen molar-refractivity contribution in [3.05, 3.63) is 126 Å². The molecule has 0 aromatic heterocycles. The standard InChI is InChI=1S/C36H40FN3O5S/c1-5-45-31-19-17-30(18-20-31)40(46(43,44)32-21-15-27(4)16-22-32)25-35(41)39(24-29-13-9-10-14-33(29)37)34(36(42)38-26(2)3)23-28-11-7-6-8-12-28/h6-22,26,34H,5,23-25H2,1-4H3,(H,38,42). The number of ether oxygens (including phenoxy) is 1. The van der Waals surface area contributed by atoms with E-state index in [1.54, 1.807) is 54.6 Å². The topological polar surface area (TPSA) is 96.0 Å². The normalized spacial score (nSPS) is 12.0. The molecule has 0 radical (unpaired) electrons. The Labute approximate surface area is 270 Å². The largest absolute Gasteiger partial charge is 0.494 e. The van der Waals surface area contributed by atoms with Crippen LogP contribution >= 0.6 is 0 Å². The number of halogens is 1. The third-order valence-corrected chi connectivity index (χ3v) is 9.11. The van der Waals surface area contributed by atoms with Crippen molar-refractivity contribution in [2.45, 2.75) is 57.6 Å². The molecular weight excluding hydrogens is 605 g/mol. The number of anilines is 1. The van der Waals surface area contributed by atoms with Crippen molar-refractivity contribution in [2.75, 3.05) is 17.5 Å². The zero-order valence-electron chi connectivity index (χ0n) is 26.5. The predicted octanol–water partition coefficient (Wildman–Crippen LogP) is 5.89. The van der Waals surface area contributed by atoms with Gasteiger partial charge in [-0.3, -0.25) is 13.9 Å². The van der Waals surface area contributed by atoms with Crippen LogP contribution in [0.1, 0.15) is 37.5 Å². The van der Waals surface area contributed by atoms with Crippen molar-refractivity contribution < 1.29 is 27.1 Å². The van der Waals surface area contributed by atoms with Crippen LogP contribution in [0.25, 0.3) is 0 Å². The highest BCUT2D eigenvalue weighted by Crippen LogP contribution is 2.27. The van der Waals surface area contributed by atoms with Gasteiger partial charge in [-0.1, -0.05) is 66.2 Å². The summed E-state index contributed by atoms with van der Waals surface area (Å²) >= 11 is 0. The number of rotatable bonds is 14. The average Bonchev–Trinajstić information content (AvgIpc) is 3.03. The van der Waals surface area contributed by atoms with E-state index in [9.17, 15) is 18.0 Å². The fourth-order valence-corrected chi connectivity index (χ4v) is 6.40. The van der Waals surface area contributed by atoms with Crippen LogP contribution in [0.5, 0.6) is 5.75 Å². The number of carbonyl (C=O) groups is 2. The maximum Gasteiger partial charge on any atom is 0.264 e. The molecule has 242 valence electrons. The van der Waals surface area contributed by atoms with Gasteiger partial charge in [0.2, 0.25) is 11.8 Å². The second-order valence-corrected chi connectivity index (χ2v) is 13.1. The van der Waals surface area contributed by atoms with E-state index in [-0.39, 0.29) is 35.2 Å². The summed E-state index contributed by atoms with van der Waals surface area (Å²) in [5, 5.41) is 2.89. The van der Waals surface area contributed by atoms with Crippen molar-refractivity contribution in [1.29, 1.82) is 0 Å². The molecule has 10 heteroatoms. The Morgan fingerprint density at radius 1 is 0.870 bits per heavy atom. The zero-order chi connectivity index (χ0) is 33.3. The molecule has 0 aliphatic rings. The number of amides is 2. The van der Waals surface area contributed by atoms with Crippen LogP contribution in [0.3, 0.4) is 0 Å². The predicted molar refractivity (Wildman–Crippen MR) is 177 cm³/mol. The molecule has 2 amide bonds. The Kier molecular flexibility index (Phi) is 11.5. The highest BCUT2D eigenvalue weighted by Gasteiger charge is 2.35. The molecule has 0 saturated carbocycles. The van der Waals surface area contributed by atoms with Crippen LogP contribution < -0.4 is 14.4 Å². The molecule has 1 N–H and O–H groups in total. The number of benzene rings is 4. The minimum absolute atomic E-state index is 0.00109. The van der Waals surface area contributed by atoms with E-state index in [0.717, 1.165) is 15.4 Å². The fourth-order valence-electron chi connectivity index (χ4n) is 4.99. The Hall–Kier alpha value is -4.70. The summed E-state index contributed by atoms with van der Waals surface area (Å²) in [5.41, 5.74) is 2.08. The van der Waals surface area contributed by atoms with E-state index >= 15 is 4.39 Å². The van der Waals surface area contributed by atoms with E-state index in [2.05, 4.69) is 5.32 Å². The van der Waals surface area contributed by atoms with Gasteiger partial charge in [0.1, 0.15) is 24.2 Å². The monoisotopic (exact) mass is 645 g/mol. The van der Waals surface area contributed by atoms with Crippen LogP contribution in [-0.2, 0) is 32.6 Å². The molecule has 1 atom stereocenters. The van der Waals surface area contributed by atoms with Crippen LogP contribution in [0.2, 0.25) is 0 Å². The van der Waals surface area contributed by atoms with Gasteiger partial charge in [-0.15, -0.1) is 0 Å². The summed E-state index contributed by atoms with van der Waals surface area (Å²) in [6, 6.07) is 26.6. The first-order chi connectivity index (χ1) is 22.0. The molecule has 0 aliphatic carbocycles. The molecule has 0 fully saturated rings. The third-order valence-electron chi connectivity index (χ3n) is 7.32. The molecule has 0 aliphatic heterocycles. The highest BCUT2D eigenvalue weighted by molar-refractivity contribution is 7.92. The van der Waals surface area contributed by atoms with Crippen LogP contribution in [0.4, 0.5) is 10.1 Å². The lowest BCUT2D eigenvalue weighted by atomic mass is 10.0. The summed E-state index contributed by atoms with van der Waals surface area (Å²) < 4.78 is 49.9. The summed E-state index contributed by atoms with van der Waals surface area (Å²) in [4.78, 5) is 29.5. The quantitative estimate of drug-likeness (QED) is 0.185. The zero-order valence-corrected chi connectivity index (χ0v) is 27.3. The maximum atomic E-state index is 15.0. The summed E-state index contributed by atoms with van der Waals surface area (Å²) in [6.45, 7) is 6.83. The third kappa shape index (κ3) is 8.72. The molecule has 4 aromatic rings. The second-order valence-electron chi connectivity index (χ2n) is 11.2. The van der Waals surface area contributed by atoms with Gasteiger partial charge in [-0.25, -0.2) is 12.8 Å². The number of aryl methyl sites for hydroxylation is 1. The first-order valence-corrected chi connectivity index (χ1v) is 16.6. The highest BCUT2D eigenvalue weighted by atomic mass is 32.2. The van der Waals surface area contributed by atoms with E-state index in [4.69, 9.17) is 4.74 Å². The van der Waals surface area contributed by atoms with Gasteiger partial charge in [0, 0.05) is 24.6 Å². The molecule has 8 nitrogen and oxygen atoms in total. The summed E-state index contributed by atoms with van der Waals surface area (Å²) in [6.07, 6.45) is 0.132. The lowest BCUT2D eigenvalue weighted by Gasteiger charge is -2.34. The number of nitrogens with zero attached hydrogens (tertiary/aromatic N) is 2. The molecule has 1 unspecified atom stereocenters. The SMILES string of the molecule is CCOc1ccc(N(CC(=O)N(Cc2ccccc2F)C(Cc2ccccc2)C(=O)NC(C)C)S(=O)(=O)c2ccc(C)cc2)cc1. The van der Waals surface area contributed by atoms with Gasteiger partial charge < -0.3 is 15.0 Å². The average molecular weight is 646 g/mol. The summed E-state index contributed by atoms with van der Waals surface area (Å²) in [7, 11) is -4.26. The van der Waals surface area contributed by atoms with E-state index in [0.29, 0.717) is 12.4 Å². The van der Waals surface area contributed by atoms with Crippen molar-refractivity contribution in [2.24, 2.45) is 0 Å². The van der Waals surface area contributed by atoms with Gasteiger partial charge in [0.15, 0.2) is 0 Å². The van der Waals surface area contributed by atoms with Crippen LogP contribution in [0, 0.1) is 12.7 Å². The lowest BCUT2D eigenvalue weighted by molar-refractivity contribution is -0.140. The molecule has 4 rings (SSSR count). The molecular formula is C36H40FN3O5S. The van der Waals surface area contributed by atoms with Gasteiger partial charge >= 0.3 is 0 Å². The number of sulfonamides is 1. The Balaban J connectivity index is 1.81. The number of nitrogens with one attached hydrogen (secondary N) is 1. The van der Waals surface area contributed by atoms with Crippen LogP contribution in [-0.4, -0.2) is 50.4 Å². The fraction of sp³-hybridized carbons (Fsp3) is 0.278. The first kappa shape index (κ1) is 34.2. The molecule has 0 saturated heterocycles.